The first-order valence-corrected chi connectivity index (χ1v) is 5.61. The molecule has 0 spiro atoms. The Balaban J connectivity index is 2.42. The number of benzene rings is 1. The molecule has 0 bridgehead atoms. The van der Waals surface area contributed by atoms with Crippen molar-refractivity contribution >= 4 is 11.6 Å². The van der Waals surface area contributed by atoms with Gasteiger partial charge in [-0.15, -0.1) is 0 Å². The first-order chi connectivity index (χ1) is 8.11. The van der Waals surface area contributed by atoms with Gasteiger partial charge in [0, 0.05) is 23.8 Å². The first kappa shape index (κ1) is 12.1. The van der Waals surface area contributed by atoms with Gasteiger partial charge in [0.25, 0.3) is 0 Å². The summed E-state index contributed by atoms with van der Waals surface area (Å²) >= 11 is 5.73. The van der Waals surface area contributed by atoms with E-state index in [-0.39, 0.29) is 11.9 Å². The minimum atomic E-state index is -0.331. The Morgan fingerprint density at radius 2 is 2.18 bits per heavy atom. The molecule has 5 heteroatoms. The molecule has 17 heavy (non-hydrogen) atoms. The number of halogens is 2. The van der Waals surface area contributed by atoms with Crippen molar-refractivity contribution in [3.8, 4) is 0 Å². The Kier molecular flexibility index (Phi) is 3.45. The van der Waals surface area contributed by atoms with Gasteiger partial charge in [0.05, 0.1) is 11.7 Å². The zero-order chi connectivity index (χ0) is 12.4. The van der Waals surface area contributed by atoms with E-state index in [0.717, 1.165) is 5.69 Å². The molecule has 0 aliphatic carbocycles. The van der Waals surface area contributed by atoms with Crippen LogP contribution in [0.2, 0.25) is 5.02 Å². The number of hydrogen-bond acceptors (Lipinski definition) is 2. The van der Waals surface area contributed by atoms with Crippen molar-refractivity contribution in [2.45, 2.75) is 6.04 Å². The SMILES string of the molecule is CNC(c1ccn(C)n1)c1ccc(Cl)cc1F. The van der Waals surface area contributed by atoms with Gasteiger partial charge >= 0.3 is 0 Å². The summed E-state index contributed by atoms with van der Waals surface area (Å²) in [6.45, 7) is 0. The molecule has 1 aromatic heterocycles. The maximum atomic E-state index is 13.8. The molecule has 0 radical (unpaired) electrons. The van der Waals surface area contributed by atoms with E-state index >= 15 is 0 Å². The molecule has 0 saturated heterocycles. The molecule has 1 heterocycles. The molecule has 0 aliphatic rings. The van der Waals surface area contributed by atoms with Crippen molar-refractivity contribution in [3.63, 3.8) is 0 Å². The second-order valence-corrected chi connectivity index (χ2v) is 4.24. The molecule has 0 amide bonds. The lowest BCUT2D eigenvalue weighted by Gasteiger charge is -2.15. The van der Waals surface area contributed by atoms with Crippen molar-refractivity contribution in [1.82, 2.24) is 15.1 Å². The van der Waals surface area contributed by atoms with E-state index in [1.54, 1.807) is 23.9 Å². The molecule has 0 fully saturated rings. The minimum Gasteiger partial charge on any atom is -0.308 e. The molecular formula is C12H13ClFN3. The third-order valence-electron chi connectivity index (χ3n) is 2.59. The summed E-state index contributed by atoms with van der Waals surface area (Å²) in [5.74, 6) is -0.331. The molecule has 1 aromatic carbocycles. The quantitative estimate of drug-likeness (QED) is 0.911. The molecule has 1 atom stereocenters. The monoisotopic (exact) mass is 253 g/mol. The average Bonchev–Trinajstić information content (AvgIpc) is 2.69. The van der Waals surface area contributed by atoms with Gasteiger partial charge in [-0.2, -0.15) is 5.10 Å². The van der Waals surface area contributed by atoms with Crippen LogP contribution in [0.5, 0.6) is 0 Å². The maximum absolute atomic E-state index is 13.8. The third kappa shape index (κ3) is 2.48. The van der Waals surface area contributed by atoms with E-state index in [1.807, 2.05) is 19.3 Å². The fourth-order valence-electron chi connectivity index (χ4n) is 1.79. The van der Waals surface area contributed by atoms with E-state index in [2.05, 4.69) is 10.4 Å². The van der Waals surface area contributed by atoms with Crippen LogP contribution in [0.4, 0.5) is 4.39 Å². The predicted molar refractivity (Wildman–Crippen MR) is 65.5 cm³/mol. The van der Waals surface area contributed by atoms with Crippen molar-refractivity contribution in [2.75, 3.05) is 7.05 Å². The van der Waals surface area contributed by atoms with E-state index in [0.29, 0.717) is 10.6 Å². The van der Waals surface area contributed by atoms with Crippen molar-refractivity contribution in [3.05, 3.63) is 52.6 Å². The molecule has 1 unspecified atom stereocenters. The van der Waals surface area contributed by atoms with Gasteiger partial charge in [0.15, 0.2) is 0 Å². The zero-order valence-corrected chi connectivity index (χ0v) is 10.4. The van der Waals surface area contributed by atoms with Gasteiger partial charge in [-0.1, -0.05) is 17.7 Å². The molecule has 1 N–H and O–H groups in total. The highest BCUT2D eigenvalue weighted by Crippen LogP contribution is 2.24. The second kappa shape index (κ2) is 4.85. The maximum Gasteiger partial charge on any atom is 0.129 e. The summed E-state index contributed by atoms with van der Waals surface area (Å²) in [5, 5.41) is 7.72. The summed E-state index contributed by atoms with van der Waals surface area (Å²) in [6, 6.07) is 6.24. The van der Waals surface area contributed by atoms with Crippen LogP contribution in [-0.4, -0.2) is 16.8 Å². The molecule has 2 rings (SSSR count). The normalized spacial score (nSPS) is 12.7. The van der Waals surface area contributed by atoms with Crippen LogP contribution in [0.3, 0.4) is 0 Å². The van der Waals surface area contributed by atoms with Crippen LogP contribution in [0, 0.1) is 5.82 Å². The Labute approximate surface area is 104 Å². The van der Waals surface area contributed by atoms with Crippen LogP contribution in [-0.2, 0) is 7.05 Å². The summed E-state index contributed by atoms with van der Waals surface area (Å²) in [7, 11) is 3.60. The Morgan fingerprint density at radius 3 is 2.71 bits per heavy atom. The summed E-state index contributed by atoms with van der Waals surface area (Å²) in [5.41, 5.74) is 1.31. The number of nitrogens with zero attached hydrogens (tertiary/aromatic N) is 2. The van der Waals surface area contributed by atoms with E-state index in [1.165, 1.54) is 6.07 Å². The Bertz CT molecular complexity index is 524. The van der Waals surface area contributed by atoms with Crippen LogP contribution < -0.4 is 5.32 Å². The van der Waals surface area contributed by atoms with Gasteiger partial charge in [-0.05, 0) is 25.2 Å². The Hall–Kier alpha value is -1.39. The molecule has 90 valence electrons. The standard InChI is InChI=1S/C12H13ClFN3/c1-15-12(11-5-6-17(2)16-11)9-4-3-8(13)7-10(9)14/h3-7,12,15H,1-2H3. The van der Waals surface area contributed by atoms with E-state index in [4.69, 9.17) is 11.6 Å². The van der Waals surface area contributed by atoms with Crippen LogP contribution in [0.1, 0.15) is 17.3 Å². The van der Waals surface area contributed by atoms with Crippen molar-refractivity contribution in [2.24, 2.45) is 7.05 Å². The molecule has 3 nitrogen and oxygen atoms in total. The molecule has 2 aromatic rings. The highest BCUT2D eigenvalue weighted by atomic mass is 35.5. The molecule has 0 aliphatic heterocycles. The highest BCUT2D eigenvalue weighted by Gasteiger charge is 2.18. The number of nitrogens with one attached hydrogen (secondary N) is 1. The minimum absolute atomic E-state index is 0.270. The van der Waals surface area contributed by atoms with Gasteiger partial charge in [0.1, 0.15) is 5.82 Å². The molecular weight excluding hydrogens is 241 g/mol. The summed E-state index contributed by atoms with van der Waals surface area (Å²) in [6.07, 6.45) is 1.83. The number of rotatable bonds is 3. The largest absolute Gasteiger partial charge is 0.308 e. The number of aromatic nitrogens is 2. The first-order valence-electron chi connectivity index (χ1n) is 5.23. The smallest absolute Gasteiger partial charge is 0.129 e. The lowest BCUT2D eigenvalue weighted by atomic mass is 10.0. The summed E-state index contributed by atoms with van der Waals surface area (Å²) in [4.78, 5) is 0. The van der Waals surface area contributed by atoms with Crippen molar-refractivity contribution in [1.29, 1.82) is 0 Å². The highest BCUT2D eigenvalue weighted by molar-refractivity contribution is 6.30. The van der Waals surface area contributed by atoms with Gasteiger partial charge < -0.3 is 5.32 Å². The van der Waals surface area contributed by atoms with Crippen molar-refractivity contribution < 1.29 is 4.39 Å². The Morgan fingerprint density at radius 1 is 1.41 bits per heavy atom. The fourth-order valence-corrected chi connectivity index (χ4v) is 1.94. The van der Waals surface area contributed by atoms with Gasteiger partial charge in [0.2, 0.25) is 0 Å². The lowest BCUT2D eigenvalue weighted by molar-refractivity contribution is 0.565. The van der Waals surface area contributed by atoms with Gasteiger partial charge in [-0.25, -0.2) is 4.39 Å². The van der Waals surface area contributed by atoms with Crippen LogP contribution in [0.25, 0.3) is 0 Å². The average molecular weight is 254 g/mol. The topological polar surface area (TPSA) is 29.9 Å². The third-order valence-corrected chi connectivity index (χ3v) is 2.83. The van der Waals surface area contributed by atoms with Gasteiger partial charge in [-0.3, -0.25) is 4.68 Å². The van der Waals surface area contributed by atoms with E-state index < -0.39 is 0 Å². The fraction of sp³-hybridized carbons (Fsp3) is 0.250. The second-order valence-electron chi connectivity index (χ2n) is 3.80. The molecule has 0 saturated carbocycles. The van der Waals surface area contributed by atoms with E-state index in [9.17, 15) is 4.39 Å². The zero-order valence-electron chi connectivity index (χ0n) is 9.61. The predicted octanol–water partition coefficient (Wildman–Crippen LogP) is 2.52. The number of hydrogen-bond donors (Lipinski definition) is 1. The number of aryl methyl sites for hydroxylation is 1. The summed E-state index contributed by atoms with van der Waals surface area (Å²) < 4.78 is 15.5. The van der Waals surface area contributed by atoms with Crippen LogP contribution in [0.15, 0.2) is 30.5 Å². The van der Waals surface area contributed by atoms with Crippen LogP contribution >= 0.6 is 11.6 Å². The lowest BCUT2D eigenvalue weighted by Crippen LogP contribution is -2.19.